The van der Waals surface area contributed by atoms with Crippen molar-refractivity contribution >= 4 is 41.5 Å². The lowest BCUT2D eigenvalue weighted by Crippen LogP contribution is -2.46. The third-order valence-electron chi connectivity index (χ3n) is 3.87. The number of piperazine rings is 1. The second-order valence-electron chi connectivity index (χ2n) is 5.38. The van der Waals surface area contributed by atoms with Crippen LogP contribution < -0.4 is 16.4 Å². The topological polar surface area (TPSA) is 84.3 Å². The Morgan fingerprint density at radius 3 is 2.30 bits per heavy atom. The van der Waals surface area contributed by atoms with Crippen molar-refractivity contribution < 1.29 is 0 Å². The number of nitrogen functional groups attached to an aromatic ring is 2. The van der Waals surface area contributed by atoms with E-state index < -0.39 is 0 Å². The average molecular weight is 355 g/mol. The zero-order valence-electron chi connectivity index (χ0n) is 12.7. The summed E-state index contributed by atoms with van der Waals surface area (Å²) in [6.45, 7) is 4.62. The van der Waals surface area contributed by atoms with Gasteiger partial charge in [-0.3, -0.25) is 4.90 Å². The summed E-state index contributed by atoms with van der Waals surface area (Å²) in [5.41, 5.74) is 13.5. The first-order valence-corrected chi connectivity index (χ1v) is 7.59. The fourth-order valence-electron chi connectivity index (χ4n) is 2.61. The van der Waals surface area contributed by atoms with Crippen molar-refractivity contribution in [2.45, 2.75) is 6.54 Å². The molecule has 1 aliphatic heterocycles. The van der Waals surface area contributed by atoms with E-state index in [9.17, 15) is 0 Å². The molecule has 0 saturated carbocycles. The van der Waals surface area contributed by atoms with Crippen LogP contribution in [-0.2, 0) is 6.54 Å². The van der Waals surface area contributed by atoms with Gasteiger partial charge in [0.05, 0.1) is 0 Å². The molecule has 0 amide bonds. The molecule has 1 aromatic heterocycles. The quantitative estimate of drug-likeness (QED) is 0.877. The summed E-state index contributed by atoms with van der Waals surface area (Å²) in [6, 6.07) is 7.97. The van der Waals surface area contributed by atoms with Crippen LogP contribution in [-0.4, -0.2) is 41.0 Å². The summed E-state index contributed by atoms with van der Waals surface area (Å²) in [5.74, 6) is 0.682. The molecule has 0 bridgehead atoms. The lowest BCUT2D eigenvalue weighted by molar-refractivity contribution is 0.250. The smallest absolute Gasteiger partial charge is 0.221 e. The molecule has 0 unspecified atom stereocenters. The van der Waals surface area contributed by atoms with Crippen LogP contribution in [0.2, 0.25) is 5.02 Å². The van der Waals surface area contributed by atoms with Crippen LogP contribution >= 0.6 is 24.0 Å². The highest BCUT2D eigenvalue weighted by Crippen LogP contribution is 2.20. The molecule has 0 aliphatic carbocycles. The monoisotopic (exact) mass is 354 g/mol. The van der Waals surface area contributed by atoms with Gasteiger partial charge >= 0.3 is 0 Å². The number of rotatable bonds is 3. The van der Waals surface area contributed by atoms with Crippen molar-refractivity contribution in [2.75, 3.05) is 42.5 Å². The van der Waals surface area contributed by atoms with Crippen LogP contribution in [0, 0.1) is 0 Å². The van der Waals surface area contributed by atoms with Gasteiger partial charge in [-0.15, -0.1) is 12.4 Å². The van der Waals surface area contributed by atoms with E-state index in [4.69, 9.17) is 23.1 Å². The number of nitrogens with two attached hydrogens (primary N) is 2. The highest BCUT2D eigenvalue weighted by Gasteiger charge is 2.18. The van der Waals surface area contributed by atoms with Crippen molar-refractivity contribution in [1.82, 2.24) is 14.9 Å². The molecular weight excluding hydrogens is 335 g/mol. The molecule has 2 heterocycles. The largest absolute Gasteiger partial charge is 0.383 e. The van der Waals surface area contributed by atoms with Crippen LogP contribution in [0.15, 0.2) is 30.5 Å². The standard InChI is InChI=1S/C15H19ClN6.ClH/c16-12-1-3-13(4-2-12)22-7-5-21(6-8-22)10-11-9-19-15(18)20-14(11)17;/h1-4,9H,5-8,10H2,(H4,17,18,19,20);1H. The Morgan fingerprint density at radius 1 is 1.04 bits per heavy atom. The van der Waals surface area contributed by atoms with Crippen molar-refractivity contribution in [3.8, 4) is 0 Å². The maximum atomic E-state index is 5.93. The normalized spacial score (nSPS) is 15.3. The van der Waals surface area contributed by atoms with E-state index in [-0.39, 0.29) is 18.4 Å². The lowest BCUT2D eigenvalue weighted by atomic mass is 10.2. The van der Waals surface area contributed by atoms with E-state index in [1.807, 2.05) is 12.1 Å². The third-order valence-corrected chi connectivity index (χ3v) is 4.13. The van der Waals surface area contributed by atoms with Gasteiger partial charge in [0.1, 0.15) is 5.82 Å². The predicted molar refractivity (Wildman–Crippen MR) is 97.0 cm³/mol. The number of aromatic nitrogens is 2. The Bertz CT molecular complexity index is 641. The lowest BCUT2D eigenvalue weighted by Gasteiger charge is -2.36. The Labute approximate surface area is 146 Å². The maximum absolute atomic E-state index is 5.93. The number of benzene rings is 1. The van der Waals surface area contributed by atoms with Crippen LogP contribution in [0.3, 0.4) is 0 Å². The Hall–Kier alpha value is -1.76. The third kappa shape index (κ3) is 4.37. The minimum atomic E-state index is 0. The highest BCUT2D eigenvalue weighted by atomic mass is 35.5. The molecule has 0 atom stereocenters. The van der Waals surface area contributed by atoms with Crippen molar-refractivity contribution in [1.29, 1.82) is 0 Å². The van der Waals surface area contributed by atoms with E-state index in [2.05, 4.69) is 31.9 Å². The molecule has 1 aliphatic rings. The number of hydrogen-bond acceptors (Lipinski definition) is 6. The van der Waals surface area contributed by atoms with Gasteiger partial charge in [-0.2, -0.15) is 4.98 Å². The van der Waals surface area contributed by atoms with E-state index in [0.29, 0.717) is 5.82 Å². The van der Waals surface area contributed by atoms with E-state index in [1.54, 1.807) is 6.20 Å². The van der Waals surface area contributed by atoms with Gasteiger partial charge in [0.25, 0.3) is 0 Å². The molecule has 23 heavy (non-hydrogen) atoms. The fourth-order valence-corrected chi connectivity index (χ4v) is 2.74. The van der Waals surface area contributed by atoms with Gasteiger partial charge in [-0.1, -0.05) is 11.6 Å². The molecule has 1 saturated heterocycles. The number of halogens is 2. The van der Waals surface area contributed by atoms with Gasteiger partial charge in [0.2, 0.25) is 5.95 Å². The molecular formula is C15H20Cl2N6. The van der Waals surface area contributed by atoms with E-state index >= 15 is 0 Å². The second kappa shape index (κ2) is 7.68. The fraction of sp³-hybridized carbons (Fsp3) is 0.333. The second-order valence-corrected chi connectivity index (χ2v) is 5.81. The number of anilines is 3. The minimum absolute atomic E-state index is 0. The number of hydrogen-bond donors (Lipinski definition) is 2. The van der Waals surface area contributed by atoms with Crippen molar-refractivity contribution in [3.05, 3.63) is 41.0 Å². The SMILES string of the molecule is Cl.Nc1ncc(CN2CCN(c3ccc(Cl)cc3)CC2)c(N)n1. The van der Waals surface area contributed by atoms with Gasteiger partial charge in [0, 0.05) is 55.2 Å². The molecule has 1 fully saturated rings. The Morgan fingerprint density at radius 2 is 1.70 bits per heavy atom. The maximum Gasteiger partial charge on any atom is 0.221 e. The van der Waals surface area contributed by atoms with Gasteiger partial charge in [-0.05, 0) is 24.3 Å². The molecule has 1 aromatic carbocycles. The first kappa shape index (κ1) is 17.6. The summed E-state index contributed by atoms with van der Waals surface area (Å²) in [6.07, 6.45) is 1.71. The molecule has 4 N–H and O–H groups in total. The van der Waals surface area contributed by atoms with E-state index in [0.717, 1.165) is 43.3 Å². The molecule has 8 heteroatoms. The minimum Gasteiger partial charge on any atom is -0.383 e. The Kier molecular flexibility index (Phi) is 5.87. The average Bonchev–Trinajstić information content (AvgIpc) is 2.52. The van der Waals surface area contributed by atoms with Crippen molar-refractivity contribution in [2.24, 2.45) is 0 Å². The number of nitrogens with zero attached hydrogens (tertiary/aromatic N) is 4. The van der Waals surface area contributed by atoms with Crippen LogP contribution in [0.1, 0.15) is 5.56 Å². The zero-order chi connectivity index (χ0) is 15.5. The highest BCUT2D eigenvalue weighted by molar-refractivity contribution is 6.30. The van der Waals surface area contributed by atoms with Crippen LogP contribution in [0.25, 0.3) is 0 Å². The predicted octanol–water partition coefficient (Wildman–Crippen LogP) is 2.04. The zero-order valence-corrected chi connectivity index (χ0v) is 14.2. The Balaban J connectivity index is 0.00000192. The van der Waals surface area contributed by atoms with Crippen LogP contribution in [0.5, 0.6) is 0 Å². The molecule has 0 radical (unpaired) electrons. The summed E-state index contributed by atoms with van der Waals surface area (Å²) in [4.78, 5) is 12.7. The molecule has 2 aromatic rings. The van der Waals surface area contributed by atoms with E-state index in [1.165, 1.54) is 5.69 Å². The first-order valence-electron chi connectivity index (χ1n) is 7.21. The molecule has 0 spiro atoms. The van der Waals surface area contributed by atoms with Gasteiger partial charge < -0.3 is 16.4 Å². The molecule has 3 rings (SSSR count). The first-order chi connectivity index (χ1) is 10.6. The van der Waals surface area contributed by atoms with Gasteiger partial charge in [0.15, 0.2) is 0 Å². The summed E-state index contributed by atoms with van der Waals surface area (Å²) >= 11 is 5.93. The summed E-state index contributed by atoms with van der Waals surface area (Å²) < 4.78 is 0. The van der Waals surface area contributed by atoms with Crippen LogP contribution in [0.4, 0.5) is 17.5 Å². The molecule has 124 valence electrons. The molecule has 6 nitrogen and oxygen atoms in total. The van der Waals surface area contributed by atoms with Crippen molar-refractivity contribution in [3.63, 3.8) is 0 Å². The van der Waals surface area contributed by atoms with Gasteiger partial charge in [-0.25, -0.2) is 4.98 Å². The summed E-state index contributed by atoms with van der Waals surface area (Å²) in [5, 5.41) is 0.765. The summed E-state index contributed by atoms with van der Waals surface area (Å²) in [7, 11) is 0.